The van der Waals surface area contributed by atoms with Gasteiger partial charge in [0.15, 0.2) is 0 Å². The molecule has 0 bridgehead atoms. The van der Waals surface area contributed by atoms with Crippen LogP contribution in [0.5, 0.6) is 0 Å². The SMILES string of the molecule is Cc1ccc(-c2cc(C(=O)O)cc(-c3ccc(C)cc3)n2)cc1. The van der Waals surface area contributed by atoms with Gasteiger partial charge in [-0.15, -0.1) is 0 Å². The van der Waals surface area contributed by atoms with Crippen molar-refractivity contribution < 1.29 is 9.90 Å². The quantitative estimate of drug-likeness (QED) is 0.761. The minimum atomic E-state index is -0.950. The van der Waals surface area contributed by atoms with Crippen LogP contribution in [0.25, 0.3) is 22.5 Å². The fraction of sp³-hybridized carbons (Fsp3) is 0.100. The molecule has 3 rings (SSSR count). The van der Waals surface area contributed by atoms with Gasteiger partial charge in [0.2, 0.25) is 0 Å². The third kappa shape index (κ3) is 3.29. The smallest absolute Gasteiger partial charge is 0.335 e. The predicted molar refractivity (Wildman–Crippen MR) is 91.5 cm³/mol. The minimum Gasteiger partial charge on any atom is -0.478 e. The van der Waals surface area contributed by atoms with Gasteiger partial charge in [0.1, 0.15) is 0 Å². The number of benzene rings is 2. The van der Waals surface area contributed by atoms with Crippen LogP contribution in [-0.4, -0.2) is 16.1 Å². The Morgan fingerprint density at radius 3 is 1.52 bits per heavy atom. The number of nitrogens with zero attached hydrogens (tertiary/aromatic N) is 1. The van der Waals surface area contributed by atoms with Crippen molar-refractivity contribution in [3.05, 3.63) is 77.4 Å². The predicted octanol–water partition coefficient (Wildman–Crippen LogP) is 4.73. The van der Waals surface area contributed by atoms with E-state index in [0.29, 0.717) is 11.4 Å². The Kier molecular flexibility index (Phi) is 3.94. The Hall–Kier alpha value is -2.94. The van der Waals surface area contributed by atoms with Gasteiger partial charge < -0.3 is 5.11 Å². The van der Waals surface area contributed by atoms with E-state index in [9.17, 15) is 9.90 Å². The highest BCUT2D eigenvalue weighted by Crippen LogP contribution is 2.25. The van der Waals surface area contributed by atoms with Gasteiger partial charge in [0.25, 0.3) is 0 Å². The molecule has 0 amide bonds. The summed E-state index contributed by atoms with van der Waals surface area (Å²) in [5.74, 6) is -0.950. The third-order valence-corrected chi connectivity index (χ3v) is 3.77. The number of pyridine rings is 1. The highest BCUT2D eigenvalue weighted by atomic mass is 16.4. The number of aromatic nitrogens is 1. The zero-order valence-corrected chi connectivity index (χ0v) is 13.1. The molecule has 3 heteroatoms. The zero-order chi connectivity index (χ0) is 16.4. The summed E-state index contributed by atoms with van der Waals surface area (Å²) in [5.41, 5.74) is 5.70. The fourth-order valence-electron chi connectivity index (χ4n) is 2.40. The van der Waals surface area contributed by atoms with Crippen LogP contribution in [0.2, 0.25) is 0 Å². The van der Waals surface area contributed by atoms with Gasteiger partial charge in [-0.25, -0.2) is 9.78 Å². The number of carboxylic acid groups (broad SMARTS) is 1. The first-order valence-corrected chi connectivity index (χ1v) is 7.42. The molecule has 0 unspecified atom stereocenters. The number of hydrogen-bond donors (Lipinski definition) is 1. The second-order valence-electron chi connectivity index (χ2n) is 5.66. The van der Waals surface area contributed by atoms with Gasteiger partial charge in [-0.2, -0.15) is 0 Å². The molecule has 23 heavy (non-hydrogen) atoms. The molecule has 0 aliphatic rings. The van der Waals surface area contributed by atoms with E-state index in [-0.39, 0.29) is 5.56 Å². The minimum absolute atomic E-state index is 0.242. The van der Waals surface area contributed by atoms with Gasteiger partial charge >= 0.3 is 5.97 Å². The number of carboxylic acids is 1. The maximum absolute atomic E-state index is 11.4. The van der Waals surface area contributed by atoms with Crippen LogP contribution in [0.3, 0.4) is 0 Å². The van der Waals surface area contributed by atoms with Crippen molar-refractivity contribution in [2.24, 2.45) is 0 Å². The van der Waals surface area contributed by atoms with E-state index in [4.69, 9.17) is 0 Å². The Bertz CT molecular complexity index is 786. The summed E-state index contributed by atoms with van der Waals surface area (Å²) >= 11 is 0. The molecule has 1 aromatic heterocycles. The number of carbonyl (C=O) groups is 1. The zero-order valence-electron chi connectivity index (χ0n) is 13.1. The molecule has 114 valence electrons. The summed E-state index contributed by atoms with van der Waals surface area (Å²) in [4.78, 5) is 16.1. The number of aromatic carboxylic acids is 1. The van der Waals surface area contributed by atoms with Crippen LogP contribution in [0.4, 0.5) is 0 Å². The molecular weight excluding hydrogens is 286 g/mol. The normalized spacial score (nSPS) is 10.5. The largest absolute Gasteiger partial charge is 0.478 e. The summed E-state index contributed by atoms with van der Waals surface area (Å²) in [6, 6.07) is 19.1. The fourth-order valence-corrected chi connectivity index (χ4v) is 2.40. The van der Waals surface area contributed by atoms with E-state index in [1.54, 1.807) is 12.1 Å². The first-order chi connectivity index (χ1) is 11.0. The lowest BCUT2D eigenvalue weighted by molar-refractivity contribution is 0.0697. The van der Waals surface area contributed by atoms with Crippen molar-refractivity contribution in [2.45, 2.75) is 13.8 Å². The summed E-state index contributed by atoms with van der Waals surface area (Å²) in [6.45, 7) is 4.03. The number of rotatable bonds is 3. The summed E-state index contributed by atoms with van der Waals surface area (Å²) in [6.07, 6.45) is 0. The van der Waals surface area contributed by atoms with E-state index in [1.807, 2.05) is 62.4 Å². The van der Waals surface area contributed by atoms with Gasteiger partial charge in [-0.05, 0) is 26.0 Å². The second-order valence-corrected chi connectivity index (χ2v) is 5.66. The molecule has 0 aliphatic carbocycles. The first kappa shape index (κ1) is 15.0. The summed E-state index contributed by atoms with van der Waals surface area (Å²) in [7, 11) is 0. The van der Waals surface area contributed by atoms with Crippen molar-refractivity contribution >= 4 is 5.97 Å². The molecule has 0 saturated heterocycles. The third-order valence-electron chi connectivity index (χ3n) is 3.77. The van der Waals surface area contributed by atoms with E-state index >= 15 is 0 Å². The van der Waals surface area contributed by atoms with Gasteiger partial charge in [-0.3, -0.25) is 0 Å². The van der Waals surface area contributed by atoms with Crippen molar-refractivity contribution in [1.29, 1.82) is 0 Å². The topological polar surface area (TPSA) is 50.2 Å². The molecule has 3 aromatic rings. The molecule has 0 saturated carbocycles. The molecule has 0 fully saturated rings. The van der Waals surface area contributed by atoms with E-state index in [1.165, 1.54) is 0 Å². The average molecular weight is 303 g/mol. The monoisotopic (exact) mass is 303 g/mol. The maximum Gasteiger partial charge on any atom is 0.335 e. The molecule has 0 radical (unpaired) electrons. The molecule has 1 heterocycles. The summed E-state index contributed by atoms with van der Waals surface area (Å²) < 4.78 is 0. The molecular formula is C20H17NO2. The van der Waals surface area contributed by atoms with E-state index < -0.39 is 5.97 Å². The highest BCUT2D eigenvalue weighted by molar-refractivity contribution is 5.90. The molecule has 2 aromatic carbocycles. The van der Waals surface area contributed by atoms with Gasteiger partial charge in [-0.1, -0.05) is 59.7 Å². The van der Waals surface area contributed by atoms with Crippen LogP contribution in [0, 0.1) is 13.8 Å². The lowest BCUT2D eigenvalue weighted by atomic mass is 10.0. The molecule has 1 N–H and O–H groups in total. The van der Waals surface area contributed by atoms with Gasteiger partial charge in [0.05, 0.1) is 17.0 Å². The standard InChI is InChI=1S/C20H17NO2/c1-13-3-7-15(8-4-13)18-11-17(20(22)23)12-19(21-18)16-9-5-14(2)6-10-16/h3-12H,1-2H3,(H,22,23). The lowest BCUT2D eigenvalue weighted by Crippen LogP contribution is -2.00. The molecule has 3 nitrogen and oxygen atoms in total. The number of hydrogen-bond acceptors (Lipinski definition) is 2. The molecule has 0 atom stereocenters. The van der Waals surface area contributed by atoms with Crippen LogP contribution in [0.1, 0.15) is 21.5 Å². The Morgan fingerprint density at radius 1 is 0.783 bits per heavy atom. The summed E-state index contributed by atoms with van der Waals surface area (Å²) in [5, 5.41) is 9.39. The van der Waals surface area contributed by atoms with E-state index in [0.717, 1.165) is 22.3 Å². The van der Waals surface area contributed by atoms with Crippen molar-refractivity contribution in [3.63, 3.8) is 0 Å². The van der Waals surface area contributed by atoms with Crippen LogP contribution in [-0.2, 0) is 0 Å². The maximum atomic E-state index is 11.4. The lowest BCUT2D eigenvalue weighted by Gasteiger charge is -2.08. The van der Waals surface area contributed by atoms with Crippen LogP contribution >= 0.6 is 0 Å². The first-order valence-electron chi connectivity index (χ1n) is 7.42. The average Bonchev–Trinajstić information content (AvgIpc) is 2.55. The van der Waals surface area contributed by atoms with Gasteiger partial charge in [0, 0.05) is 11.1 Å². The number of aryl methyl sites for hydroxylation is 2. The molecule has 0 aliphatic heterocycles. The second kappa shape index (κ2) is 6.05. The van der Waals surface area contributed by atoms with Crippen LogP contribution < -0.4 is 0 Å². The van der Waals surface area contributed by atoms with Crippen LogP contribution in [0.15, 0.2) is 60.7 Å². The van der Waals surface area contributed by atoms with E-state index in [2.05, 4.69) is 4.98 Å². The van der Waals surface area contributed by atoms with Crippen molar-refractivity contribution in [1.82, 2.24) is 4.98 Å². The Labute approximate surface area is 135 Å². The highest BCUT2D eigenvalue weighted by Gasteiger charge is 2.11. The van der Waals surface area contributed by atoms with Crippen molar-refractivity contribution in [3.8, 4) is 22.5 Å². The Balaban J connectivity index is 2.15. The van der Waals surface area contributed by atoms with Crippen molar-refractivity contribution in [2.75, 3.05) is 0 Å². The molecule has 0 spiro atoms. The Morgan fingerprint density at radius 2 is 1.17 bits per heavy atom.